The van der Waals surface area contributed by atoms with Crippen LogP contribution in [0.5, 0.6) is 0 Å². The van der Waals surface area contributed by atoms with Crippen molar-refractivity contribution in [2.24, 2.45) is 5.92 Å². The molecule has 0 aliphatic rings. The molecule has 0 aromatic rings. The van der Waals surface area contributed by atoms with Crippen molar-refractivity contribution in [2.75, 3.05) is 0 Å². The van der Waals surface area contributed by atoms with Crippen LogP contribution in [-0.4, -0.2) is 29.1 Å². The van der Waals surface area contributed by atoms with Gasteiger partial charge in [0.25, 0.3) is 5.91 Å². The van der Waals surface area contributed by atoms with E-state index in [1.807, 2.05) is 20.8 Å². The molecule has 0 radical (unpaired) electrons. The molecule has 3 amide bonds. The summed E-state index contributed by atoms with van der Waals surface area (Å²) in [6.07, 6.45) is 0. The monoisotopic (exact) mass is 256 g/mol. The van der Waals surface area contributed by atoms with E-state index >= 15 is 0 Å². The number of carboxylic acids is 1. The van der Waals surface area contributed by atoms with E-state index in [1.54, 1.807) is 0 Å². The number of carboxylic acid groups (broad SMARTS) is 1. The van der Waals surface area contributed by atoms with Crippen LogP contribution in [0.4, 0.5) is 4.79 Å². The molecule has 0 rings (SSSR count). The van der Waals surface area contributed by atoms with Crippen molar-refractivity contribution < 1.29 is 19.5 Å². The lowest BCUT2D eigenvalue weighted by atomic mass is 10.1. The van der Waals surface area contributed by atoms with Crippen molar-refractivity contribution in [1.82, 2.24) is 10.6 Å². The zero-order valence-electron chi connectivity index (χ0n) is 11.3. The van der Waals surface area contributed by atoms with Gasteiger partial charge < -0.3 is 10.4 Å². The number of urea groups is 1. The summed E-state index contributed by atoms with van der Waals surface area (Å²) >= 11 is 0. The average Bonchev–Trinajstić information content (AvgIpc) is 2.26. The minimum Gasteiger partial charge on any atom is -0.478 e. The van der Waals surface area contributed by atoms with Gasteiger partial charge in [-0.25, -0.2) is 9.59 Å². The van der Waals surface area contributed by atoms with Crippen molar-refractivity contribution in [3.63, 3.8) is 0 Å². The number of nitrogens with one attached hydrogen (secondary N) is 2. The first-order valence-corrected chi connectivity index (χ1v) is 5.69. The summed E-state index contributed by atoms with van der Waals surface area (Å²) in [6, 6.07) is -0.707. The molecule has 0 heterocycles. The molecule has 0 fully saturated rings. The van der Waals surface area contributed by atoms with E-state index in [2.05, 4.69) is 10.6 Å². The highest BCUT2D eigenvalue weighted by molar-refractivity contribution is 6.07. The number of rotatable bonds is 4. The first-order chi connectivity index (χ1) is 8.16. The molecule has 0 aliphatic carbocycles. The lowest BCUT2D eigenvalue weighted by Crippen LogP contribution is -2.45. The van der Waals surface area contributed by atoms with Gasteiger partial charge >= 0.3 is 12.0 Å². The Morgan fingerprint density at radius 1 is 1.00 bits per heavy atom. The molecule has 0 spiro atoms. The molecule has 1 unspecified atom stereocenters. The number of aliphatic carboxylic acids is 1. The molecule has 0 aliphatic heterocycles. The molecule has 0 aromatic carbocycles. The largest absolute Gasteiger partial charge is 0.478 e. The van der Waals surface area contributed by atoms with Crippen LogP contribution in [0.2, 0.25) is 0 Å². The number of imide groups is 1. The fraction of sp³-hybridized carbons (Fsp3) is 0.583. The van der Waals surface area contributed by atoms with Gasteiger partial charge in [0.2, 0.25) is 0 Å². The molecular formula is C12H20N2O4. The summed E-state index contributed by atoms with van der Waals surface area (Å²) in [5.74, 6) is -1.65. The van der Waals surface area contributed by atoms with Gasteiger partial charge in [-0.3, -0.25) is 10.1 Å². The summed E-state index contributed by atoms with van der Waals surface area (Å²) in [7, 11) is 0. The fourth-order valence-electron chi connectivity index (χ4n) is 0.937. The van der Waals surface area contributed by atoms with Gasteiger partial charge in [0.15, 0.2) is 0 Å². The maximum atomic E-state index is 11.6. The van der Waals surface area contributed by atoms with Gasteiger partial charge in [0.05, 0.1) is 0 Å². The predicted octanol–water partition coefficient (Wildman–Crippen LogP) is 1.28. The number of hydrogen-bond donors (Lipinski definition) is 3. The van der Waals surface area contributed by atoms with Crippen molar-refractivity contribution >= 4 is 17.9 Å². The molecule has 6 heteroatoms. The highest BCUT2D eigenvalue weighted by Crippen LogP contribution is 2.03. The molecule has 3 N–H and O–H groups in total. The molecule has 18 heavy (non-hydrogen) atoms. The summed E-state index contributed by atoms with van der Waals surface area (Å²) in [5, 5.41) is 13.4. The first-order valence-electron chi connectivity index (χ1n) is 5.69. The van der Waals surface area contributed by atoms with E-state index in [0.29, 0.717) is 0 Å². The number of carbonyl (C=O) groups is 3. The first kappa shape index (κ1) is 16.1. The Kier molecular flexibility index (Phi) is 6.08. The Bertz CT molecular complexity index is 386. The molecule has 0 aromatic heterocycles. The minimum atomic E-state index is -1.18. The smallest absolute Gasteiger partial charge is 0.331 e. The third kappa shape index (κ3) is 4.99. The summed E-state index contributed by atoms with van der Waals surface area (Å²) in [5.41, 5.74) is -0.0768. The Balaban J connectivity index is 4.55. The second-order valence-corrected chi connectivity index (χ2v) is 4.52. The third-order valence-electron chi connectivity index (χ3n) is 2.81. The maximum absolute atomic E-state index is 11.6. The average molecular weight is 256 g/mol. The molecule has 1 atom stereocenters. The van der Waals surface area contributed by atoms with Gasteiger partial charge in [0.1, 0.15) is 0 Å². The highest BCUT2D eigenvalue weighted by atomic mass is 16.4. The van der Waals surface area contributed by atoms with Crippen LogP contribution in [0, 0.1) is 5.92 Å². The van der Waals surface area contributed by atoms with E-state index < -0.39 is 17.9 Å². The van der Waals surface area contributed by atoms with E-state index in [0.717, 1.165) is 0 Å². The van der Waals surface area contributed by atoms with E-state index in [1.165, 1.54) is 13.8 Å². The Morgan fingerprint density at radius 2 is 1.50 bits per heavy atom. The van der Waals surface area contributed by atoms with Gasteiger partial charge in [-0.2, -0.15) is 0 Å². The van der Waals surface area contributed by atoms with Crippen LogP contribution in [0.3, 0.4) is 0 Å². The van der Waals surface area contributed by atoms with Gasteiger partial charge in [-0.1, -0.05) is 13.8 Å². The number of hydrogen-bond acceptors (Lipinski definition) is 3. The zero-order chi connectivity index (χ0) is 14.5. The summed E-state index contributed by atoms with van der Waals surface area (Å²) < 4.78 is 0. The lowest BCUT2D eigenvalue weighted by molar-refractivity contribution is -0.133. The quantitative estimate of drug-likeness (QED) is 0.660. The standard InChI is InChI=1S/C12H20N2O4/c1-6(2)9(5)13-12(18)14-10(15)7(3)8(4)11(16)17/h6,9H,1-5H3,(H,16,17)(H2,13,14,15,18). The SMILES string of the molecule is CC(C(=O)O)=C(C)C(=O)NC(=O)NC(C)C(C)C. The molecule has 102 valence electrons. The topological polar surface area (TPSA) is 95.5 Å². The van der Waals surface area contributed by atoms with Gasteiger partial charge in [-0.05, 0) is 26.7 Å². The lowest BCUT2D eigenvalue weighted by Gasteiger charge is -2.17. The Labute approximate surface area is 106 Å². The van der Waals surface area contributed by atoms with E-state index in [9.17, 15) is 14.4 Å². The normalized spacial score (nSPS) is 13.7. The molecule has 0 saturated heterocycles. The van der Waals surface area contributed by atoms with Crippen molar-refractivity contribution in [1.29, 1.82) is 0 Å². The summed E-state index contributed by atoms with van der Waals surface area (Å²) in [4.78, 5) is 33.7. The molecule has 0 bridgehead atoms. The fourth-order valence-corrected chi connectivity index (χ4v) is 0.937. The van der Waals surface area contributed by atoms with Gasteiger partial charge in [0, 0.05) is 17.2 Å². The predicted molar refractivity (Wildman–Crippen MR) is 67.0 cm³/mol. The van der Waals surface area contributed by atoms with Crippen molar-refractivity contribution in [3.8, 4) is 0 Å². The van der Waals surface area contributed by atoms with Crippen LogP contribution >= 0.6 is 0 Å². The second-order valence-electron chi connectivity index (χ2n) is 4.52. The molecule has 0 saturated carbocycles. The molecular weight excluding hydrogens is 236 g/mol. The van der Waals surface area contributed by atoms with Crippen LogP contribution in [0.25, 0.3) is 0 Å². The van der Waals surface area contributed by atoms with E-state index in [4.69, 9.17) is 5.11 Å². The molecule has 6 nitrogen and oxygen atoms in total. The second kappa shape index (κ2) is 6.78. The van der Waals surface area contributed by atoms with Crippen LogP contribution < -0.4 is 10.6 Å². The number of amides is 3. The van der Waals surface area contributed by atoms with Crippen LogP contribution in [-0.2, 0) is 9.59 Å². The van der Waals surface area contributed by atoms with Crippen molar-refractivity contribution in [2.45, 2.75) is 40.7 Å². The number of carbonyl (C=O) groups excluding carboxylic acids is 2. The Morgan fingerprint density at radius 3 is 1.89 bits per heavy atom. The maximum Gasteiger partial charge on any atom is 0.331 e. The van der Waals surface area contributed by atoms with Crippen LogP contribution in [0.15, 0.2) is 11.1 Å². The zero-order valence-corrected chi connectivity index (χ0v) is 11.3. The highest BCUT2D eigenvalue weighted by Gasteiger charge is 2.17. The summed E-state index contributed by atoms with van der Waals surface area (Å²) in [6.45, 7) is 8.36. The van der Waals surface area contributed by atoms with Gasteiger partial charge in [-0.15, -0.1) is 0 Å². The Hall–Kier alpha value is -1.85. The van der Waals surface area contributed by atoms with Crippen molar-refractivity contribution in [3.05, 3.63) is 11.1 Å². The van der Waals surface area contributed by atoms with Crippen LogP contribution in [0.1, 0.15) is 34.6 Å². The minimum absolute atomic E-state index is 0.00912. The van der Waals surface area contributed by atoms with E-state index in [-0.39, 0.29) is 23.1 Å². The third-order valence-corrected chi connectivity index (χ3v) is 2.81.